The van der Waals surface area contributed by atoms with Gasteiger partial charge in [0.05, 0.1) is 11.1 Å². The molecule has 9 nitrogen and oxygen atoms in total. The lowest BCUT2D eigenvalue weighted by Crippen LogP contribution is -2.48. The van der Waals surface area contributed by atoms with Crippen LogP contribution in [0.4, 0.5) is 18.9 Å². The van der Waals surface area contributed by atoms with Crippen LogP contribution in [-0.2, 0) is 16.2 Å². The molecule has 0 bridgehead atoms. The number of hydrogen-bond acceptors (Lipinski definition) is 7. The van der Waals surface area contributed by atoms with Gasteiger partial charge in [-0.2, -0.15) is 18.4 Å². The van der Waals surface area contributed by atoms with Crippen molar-refractivity contribution in [1.29, 1.82) is 0 Å². The van der Waals surface area contributed by atoms with E-state index in [9.17, 15) is 21.6 Å². The molecule has 0 saturated carbocycles. The fourth-order valence-electron chi connectivity index (χ4n) is 4.62. The van der Waals surface area contributed by atoms with Gasteiger partial charge in [-0.25, -0.2) is 13.6 Å². The van der Waals surface area contributed by atoms with Gasteiger partial charge in [0.15, 0.2) is 0 Å². The van der Waals surface area contributed by atoms with E-state index in [1.807, 2.05) is 4.90 Å². The highest BCUT2D eigenvalue weighted by Gasteiger charge is 2.42. The Morgan fingerprint density at radius 2 is 1.90 bits per heavy atom. The zero-order valence-electron chi connectivity index (χ0n) is 16.0. The number of alkyl halides is 3. The summed E-state index contributed by atoms with van der Waals surface area (Å²) in [4.78, 5) is 0.897. The van der Waals surface area contributed by atoms with Crippen molar-refractivity contribution >= 4 is 15.7 Å². The number of aromatic nitrogens is 4. The van der Waals surface area contributed by atoms with Gasteiger partial charge >= 0.3 is 6.18 Å². The molecule has 0 radical (unpaired) electrons. The maximum absolute atomic E-state index is 13.7. The van der Waals surface area contributed by atoms with Gasteiger partial charge in [0.1, 0.15) is 4.90 Å². The molecule has 2 aromatic rings. The van der Waals surface area contributed by atoms with Crippen molar-refractivity contribution in [3.63, 3.8) is 0 Å². The molecule has 0 atom stereocenters. The minimum absolute atomic E-state index is 0.0302. The van der Waals surface area contributed by atoms with E-state index >= 15 is 0 Å². The average molecular weight is 445 g/mol. The van der Waals surface area contributed by atoms with Crippen molar-refractivity contribution in [1.82, 2.24) is 25.9 Å². The fourth-order valence-corrected chi connectivity index (χ4v) is 5.59. The quantitative estimate of drug-likeness (QED) is 0.653. The van der Waals surface area contributed by atoms with Crippen molar-refractivity contribution in [2.45, 2.75) is 36.8 Å². The number of nitrogens with one attached hydrogen (secondary N) is 2. The summed E-state index contributed by atoms with van der Waals surface area (Å²) >= 11 is 0. The monoisotopic (exact) mass is 445 g/mol. The third kappa shape index (κ3) is 3.88. The van der Waals surface area contributed by atoms with Crippen molar-refractivity contribution in [3.8, 4) is 11.4 Å². The van der Waals surface area contributed by atoms with Crippen LogP contribution in [0.5, 0.6) is 0 Å². The lowest BCUT2D eigenvalue weighted by atomic mass is 9.72. The van der Waals surface area contributed by atoms with Crippen LogP contribution < -0.4 is 15.4 Å². The zero-order valence-corrected chi connectivity index (χ0v) is 16.9. The van der Waals surface area contributed by atoms with Crippen molar-refractivity contribution in [2.24, 2.45) is 10.6 Å². The number of nitrogens with two attached hydrogens (primary N) is 1. The first-order valence-corrected chi connectivity index (χ1v) is 11.1. The molecule has 164 valence electrons. The molecule has 13 heteroatoms. The molecule has 3 heterocycles. The van der Waals surface area contributed by atoms with E-state index in [2.05, 4.69) is 25.9 Å². The van der Waals surface area contributed by atoms with E-state index in [4.69, 9.17) is 5.14 Å². The molecule has 1 aromatic heterocycles. The molecule has 1 spiro atoms. The Morgan fingerprint density at radius 1 is 1.17 bits per heavy atom. The van der Waals surface area contributed by atoms with Crippen LogP contribution in [0.25, 0.3) is 11.4 Å². The molecule has 4 rings (SSSR count). The highest BCUT2D eigenvalue weighted by Crippen LogP contribution is 2.46. The predicted octanol–water partition coefficient (Wildman–Crippen LogP) is 1.50. The molecule has 0 aliphatic carbocycles. The van der Waals surface area contributed by atoms with Crippen LogP contribution >= 0.6 is 0 Å². The van der Waals surface area contributed by atoms with E-state index in [0.29, 0.717) is 18.8 Å². The Hall–Kier alpha value is -2.25. The van der Waals surface area contributed by atoms with E-state index < -0.39 is 26.7 Å². The summed E-state index contributed by atoms with van der Waals surface area (Å²) in [6.45, 7) is 2.94. The standard InChI is InChI=1S/C17H22F3N7O2S/c18-17(19,20)11-2-3-12(13(14(11)30(21,28)29)15-23-25-26-24-15)27-9-1-4-16(10-27)5-7-22-8-6-16/h2-3,22H,1,4-10H2,(H2,21,28,29)(H,23,24,25,26). The Morgan fingerprint density at radius 3 is 2.50 bits per heavy atom. The summed E-state index contributed by atoms with van der Waals surface area (Å²) in [6.07, 6.45) is -1.16. The Bertz CT molecular complexity index is 1010. The van der Waals surface area contributed by atoms with Crippen molar-refractivity contribution in [3.05, 3.63) is 17.7 Å². The molecule has 0 unspecified atom stereocenters. The van der Waals surface area contributed by atoms with E-state index in [0.717, 1.165) is 44.8 Å². The molecule has 30 heavy (non-hydrogen) atoms. The van der Waals surface area contributed by atoms with Gasteiger partial charge in [0, 0.05) is 18.8 Å². The third-order valence-electron chi connectivity index (χ3n) is 5.96. The number of anilines is 1. The van der Waals surface area contributed by atoms with Crippen LogP contribution in [0.2, 0.25) is 0 Å². The third-order valence-corrected chi connectivity index (χ3v) is 6.95. The van der Waals surface area contributed by atoms with Gasteiger partial charge in [-0.1, -0.05) is 0 Å². The Labute approximate surface area is 171 Å². The molecule has 2 aliphatic rings. The number of piperidine rings is 2. The number of tetrazole rings is 1. The lowest BCUT2D eigenvalue weighted by molar-refractivity contribution is -0.139. The molecule has 2 aliphatic heterocycles. The smallest absolute Gasteiger partial charge is 0.370 e. The van der Waals surface area contributed by atoms with Gasteiger partial charge in [-0.05, 0) is 61.5 Å². The minimum atomic E-state index is -4.92. The summed E-state index contributed by atoms with van der Waals surface area (Å²) in [6, 6.07) is 2.05. The fraction of sp³-hybridized carbons (Fsp3) is 0.588. The second-order valence-corrected chi connectivity index (χ2v) is 9.39. The van der Waals surface area contributed by atoms with Gasteiger partial charge < -0.3 is 10.2 Å². The maximum atomic E-state index is 13.7. The second kappa shape index (κ2) is 7.46. The highest BCUT2D eigenvalue weighted by molar-refractivity contribution is 7.89. The molecule has 0 amide bonds. The number of nitrogens with zero attached hydrogens (tertiary/aromatic N) is 4. The second-order valence-electron chi connectivity index (χ2n) is 7.89. The SMILES string of the molecule is NS(=O)(=O)c1c(C(F)(F)F)ccc(N2CCCC3(CCNCC3)C2)c1-c1nn[nH]n1. The minimum Gasteiger partial charge on any atom is -0.370 e. The lowest BCUT2D eigenvalue weighted by Gasteiger charge is -2.46. The number of rotatable bonds is 3. The van der Waals surface area contributed by atoms with Crippen LogP contribution in [0.15, 0.2) is 17.0 Å². The van der Waals surface area contributed by atoms with Gasteiger partial charge in [-0.15, -0.1) is 10.2 Å². The topological polar surface area (TPSA) is 130 Å². The summed E-state index contributed by atoms with van der Waals surface area (Å²) in [5.74, 6) is -0.245. The summed E-state index contributed by atoms with van der Waals surface area (Å²) in [5.41, 5.74) is -1.28. The number of benzene rings is 1. The first-order chi connectivity index (χ1) is 14.1. The van der Waals surface area contributed by atoms with E-state index in [1.165, 1.54) is 6.07 Å². The summed E-state index contributed by atoms with van der Waals surface area (Å²) < 4.78 is 65.6. The number of primary sulfonamides is 1. The summed E-state index contributed by atoms with van der Waals surface area (Å²) in [5, 5.41) is 21.7. The normalized spacial score (nSPS) is 19.9. The van der Waals surface area contributed by atoms with Crippen molar-refractivity contribution < 1.29 is 21.6 Å². The maximum Gasteiger partial charge on any atom is 0.417 e. The van der Waals surface area contributed by atoms with Gasteiger partial charge in [0.25, 0.3) is 0 Å². The van der Waals surface area contributed by atoms with Crippen LogP contribution in [0, 0.1) is 5.41 Å². The molecule has 4 N–H and O–H groups in total. The largest absolute Gasteiger partial charge is 0.417 e. The molecule has 2 fully saturated rings. The molecule has 1 aromatic carbocycles. The Kier molecular flexibility index (Phi) is 5.22. The van der Waals surface area contributed by atoms with E-state index in [1.54, 1.807) is 0 Å². The number of hydrogen-bond donors (Lipinski definition) is 3. The number of sulfonamides is 1. The zero-order chi connectivity index (χ0) is 21.6. The number of halogens is 3. The van der Waals surface area contributed by atoms with Gasteiger partial charge in [0.2, 0.25) is 15.8 Å². The summed E-state index contributed by atoms with van der Waals surface area (Å²) in [7, 11) is -4.75. The predicted molar refractivity (Wildman–Crippen MR) is 102 cm³/mol. The van der Waals surface area contributed by atoms with Crippen LogP contribution in [-0.4, -0.2) is 55.2 Å². The average Bonchev–Trinajstić information content (AvgIpc) is 3.20. The number of H-pyrrole nitrogens is 1. The first kappa shape index (κ1) is 21.0. The van der Waals surface area contributed by atoms with Crippen LogP contribution in [0.1, 0.15) is 31.2 Å². The van der Waals surface area contributed by atoms with E-state index in [-0.39, 0.29) is 16.8 Å². The highest BCUT2D eigenvalue weighted by atomic mass is 32.2. The van der Waals surface area contributed by atoms with Crippen LogP contribution in [0.3, 0.4) is 0 Å². The first-order valence-electron chi connectivity index (χ1n) is 9.57. The van der Waals surface area contributed by atoms with Crippen molar-refractivity contribution in [2.75, 3.05) is 31.1 Å². The number of aromatic amines is 1. The molecular formula is C17H22F3N7O2S. The molecule has 2 saturated heterocycles. The molecular weight excluding hydrogens is 423 g/mol. The Balaban J connectivity index is 1.90. The van der Waals surface area contributed by atoms with Gasteiger partial charge in [-0.3, -0.25) is 0 Å².